The quantitative estimate of drug-likeness (QED) is 0.819. The van der Waals surface area contributed by atoms with Crippen LogP contribution in [0.1, 0.15) is 24.5 Å². The maximum absolute atomic E-state index is 12.0. The van der Waals surface area contributed by atoms with E-state index in [1.165, 1.54) is 12.1 Å². The third kappa shape index (κ3) is 5.06. The molecule has 0 bridgehead atoms. The number of para-hydroxylation sites is 1. The summed E-state index contributed by atoms with van der Waals surface area (Å²) >= 11 is 0. The number of anilines is 1. The Balaban J connectivity index is 1.88. The minimum atomic E-state index is -3.23. The molecule has 0 aliphatic rings. The molecule has 2 rings (SSSR count). The first-order valence-electron chi connectivity index (χ1n) is 8.15. The summed E-state index contributed by atoms with van der Waals surface area (Å²) in [7, 11) is -3.23. The lowest BCUT2D eigenvalue weighted by molar-refractivity contribution is -0.116. The molecule has 0 saturated heterocycles. The smallest absolute Gasteiger partial charge is 0.227 e. The highest BCUT2D eigenvalue weighted by molar-refractivity contribution is 7.91. The van der Waals surface area contributed by atoms with E-state index in [9.17, 15) is 13.2 Å². The fraction of sp³-hybridized carbons (Fsp3) is 0.316. The second-order valence-corrected chi connectivity index (χ2v) is 8.07. The van der Waals surface area contributed by atoms with Gasteiger partial charge >= 0.3 is 0 Å². The first-order chi connectivity index (χ1) is 11.8. The zero-order valence-corrected chi connectivity index (χ0v) is 15.5. The van der Waals surface area contributed by atoms with Crippen LogP contribution in [0.25, 0.3) is 0 Å². The fourth-order valence-corrected chi connectivity index (χ4v) is 3.29. The summed E-state index contributed by atoms with van der Waals surface area (Å²) < 4.78 is 29.2. The largest absolute Gasteiger partial charge is 0.493 e. The molecule has 0 aromatic heterocycles. The molecule has 0 aliphatic carbocycles. The molecule has 1 amide bonds. The molecule has 0 radical (unpaired) electrons. The van der Waals surface area contributed by atoms with Crippen LogP contribution in [0.3, 0.4) is 0 Å². The fourth-order valence-electron chi connectivity index (χ4n) is 2.41. The van der Waals surface area contributed by atoms with Gasteiger partial charge in [-0.25, -0.2) is 8.42 Å². The number of amides is 1. The lowest BCUT2D eigenvalue weighted by Gasteiger charge is -2.12. The predicted molar refractivity (Wildman–Crippen MR) is 98.8 cm³/mol. The Morgan fingerprint density at radius 2 is 1.64 bits per heavy atom. The second kappa shape index (κ2) is 8.16. The Bertz CT molecular complexity index is 822. The Morgan fingerprint density at radius 3 is 2.20 bits per heavy atom. The van der Waals surface area contributed by atoms with E-state index in [-0.39, 0.29) is 29.6 Å². The summed E-state index contributed by atoms with van der Waals surface area (Å²) in [5.74, 6) is 0.677. The van der Waals surface area contributed by atoms with Crippen LogP contribution in [-0.2, 0) is 14.6 Å². The van der Waals surface area contributed by atoms with Crippen molar-refractivity contribution in [1.29, 1.82) is 0 Å². The van der Waals surface area contributed by atoms with Gasteiger partial charge in [-0.15, -0.1) is 0 Å². The molecule has 25 heavy (non-hydrogen) atoms. The molecule has 0 spiro atoms. The number of benzene rings is 2. The van der Waals surface area contributed by atoms with E-state index in [0.29, 0.717) is 5.69 Å². The third-order valence-electron chi connectivity index (χ3n) is 3.86. The van der Waals surface area contributed by atoms with E-state index < -0.39 is 9.84 Å². The van der Waals surface area contributed by atoms with Crippen LogP contribution in [0.4, 0.5) is 5.69 Å². The van der Waals surface area contributed by atoms with Gasteiger partial charge in [0.1, 0.15) is 5.75 Å². The topological polar surface area (TPSA) is 72.5 Å². The number of hydrogen-bond acceptors (Lipinski definition) is 4. The van der Waals surface area contributed by atoms with Crippen molar-refractivity contribution in [1.82, 2.24) is 0 Å². The second-order valence-electron chi connectivity index (χ2n) is 5.80. The van der Waals surface area contributed by atoms with Crippen molar-refractivity contribution in [3.63, 3.8) is 0 Å². The number of sulfone groups is 1. The van der Waals surface area contributed by atoms with Crippen LogP contribution >= 0.6 is 0 Å². The van der Waals surface area contributed by atoms with Gasteiger partial charge in [0.2, 0.25) is 5.91 Å². The van der Waals surface area contributed by atoms with E-state index >= 15 is 0 Å². The molecule has 0 fully saturated rings. The zero-order chi connectivity index (χ0) is 18.4. The highest BCUT2D eigenvalue weighted by Crippen LogP contribution is 2.22. The van der Waals surface area contributed by atoms with Crippen LogP contribution in [-0.4, -0.2) is 26.7 Å². The van der Waals surface area contributed by atoms with Crippen molar-refractivity contribution in [2.24, 2.45) is 0 Å². The number of carbonyl (C=O) groups is 1. The van der Waals surface area contributed by atoms with E-state index in [4.69, 9.17) is 4.74 Å². The van der Waals surface area contributed by atoms with Crippen LogP contribution in [0, 0.1) is 13.8 Å². The number of nitrogens with one attached hydrogen (secondary N) is 1. The molecule has 0 saturated carbocycles. The van der Waals surface area contributed by atoms with Crippen molar-refractivity contribution >= 4 is 21.4 Å². The third-order valence-corrected chi connectivity index (χ3v) is 5.61. The normalized spacial score (nSPS) is 11.2. The minimum Gasteiger partial charge on any atom is -0.493 e. The first-order valence-corrected chi connectivity index (χ1v) is 9.80. The van der Waals surface area contributed by atoms with E-state index in [2.05, 4.69) is 5.32 Å². The number of ether oxygens (including phenoxy) is 1. The minimum absolute atomic E-state index is 0.0500. The van der Waals surface area contributed by atoms with Gasteiger partial charge < -0.3 is 10.1 Å². The van der Waals surface area contributed by atoms with E-state index in [1.807, 2.05) is 32.0 Å². The Labute approximate surface area is 148 Å². The first kappa shape index (κ1) is 19.0. The average molecular weight is 361 g/mol. The Kier molecular flexibility index (Phi) is 6.20. The highest BCUT2D eigenvalue weighted by atomic mass is 32.2. The Hall–Kier alpha value is -2.34. The number of carbonyl (C=O) groups excluding carboxylic acids is 1. The molecular formula is C19H23NO4S. The lowest BCUT2D eigenvalue weighted by atomic mass is 10.1. The van der Waals surface area contributed by atoms with Gasteiger partial charge in [0.15, 0.2) is 9.84 Å². The molecule has 134 valence electrons. The molecule has 0 unspecified atom stereocenters. The maximum atomic E-state index is 12.0. The van der Waals surface area contributed by atoms with Gasteiger partial charge in [-0.1, -0.05) is 25.1 Å². The zero-order valence-electron chi connectivity index (χ0n) is 14.7. The van der Waals surface area contributed by atoms with Crippen LogP contribution < -0.4 is 10.1 Å². The molecule has 6 heteroatoms. The van der Waals surface area contributed by atoms with Crippen molar-refractivity contribution in [3.8, 4) is 5.75 Å². The van der Waals surface area contributed by atoms with E-state index in [0.717, 1.165) is 16.9 Å². The predicted octanol–water partition coefficient (Wildman–Crippen LogP) is 3.50. The summed E-state index contributed by atoms with van der Waals surface area (Å²) in [6.07, 6.45) is 0.211. The molecule has 1 N–H and O–H groups in total. The molecule has 2 aromatic carbocycles. The van der Waals surface area contributed by atoms with Gasteiger partial charge in [-0.3, -0.25) is 4.79 Å². The monoisotopic (exact) mass is 361 g/mol. The van der Waals surface area contributed by atoms with Gasteiger partial charge in [0, 0.05) is 5.69 Å². The molecule has 2 aromatic rings. The summed E-state index contributed by atoms with van der Waals surface area (Å²) in [4.78, 5) is 12.3. The summed E-state index contributed by atoms with van der Waals surface area (Å²) in [6, 6.07) is 12.1. The molecular weight excluding hydrogens is 338 g/mol. The van der Waals surface area contributed by atoms with Crippen LogP contribution in [0.5, 0.6) is 5.75 Å². The number of aryl methyl sites for hydroxylation is 2. The molecule has 0 atom stereocenters. The number of hydrogen-bond donors (Lipinski definition) is 1. The maximum Gasteiger partial charge on any atom is 0.227 e. The van der Waals surface area contributed by atoms with Crippen molar-refractivity contribution < 1.29 is 17.9 Å². The van der Waals surface area contributed by atoms with Gasteiger partial charge in [0.05, 0.1) is 23.7 Å². The molecule has 0 heterocycles. The number of rotatable bonds is 7. The standard InChI is InChI=1S/C19H23NO4S/c1-4-25(22,23)17-10-8-16(9-11-17)20-18(21)12-13-24-19-14(2)6-5-7-15(19)3/h5-11H,4,12-13H2,1-3H3,(H,20,21). The van der Waals surface area contributed by atoms with Crippen LogP contribution in [0.15, 0.2) is 47.4 Å². The van der Waals surface area contributed by atoms with Crippen LogP contribution in [0.2, 0.25) is 0 Å². The van der Waals surface area contributed by atoms with Crippen molar-refractivity contribution in [3.05, 3.63) is 53.6 Å². The molecule has 5 nitrogen and oxygen atoms in total. The highest BCUT2D eigenvalue weighted by Gasteiger charge is 2.11. The Morgan fingerprint density at radius 1 is 1.04 bits per heavy atom. The van der Waals surface area contributed by atoms with Gasteiger partial charge in [-0.2, -0.15) is 0 Å². The lowest BCUT2D eigenvalue weighted by Crippen LogP contribution is -2.15. The van der Waals surface area contributed by atoms with Gasteiger partial charge in [0.25, 0.3) is 0 Å². The molecule has 0 aliphatic heterocycles. The van der Waals surface area contributed by atoms with Gasteiger partial charge in [-0.05, 0) is 49.2 Å². The summed E-state index contributed by atoms with van der Waals surface area (Å²) in [5.41, 5.74) is 2.63. The summed E-state index contributed by atoms with van der Waals surface area (Å²) in [5, 5.41) is 2.74. The van der Waals surface area contributed by atoms with E-state index in [1.54, 1.807) is 19.1 Å². The average Bonchev–Trinajstić information content (AvgIpc) is 2.58. The van der Waals surface area contributed by atoms with Crippen molar-refractivity contribution in [2.75, 3.05) is 17.7 Å². The summed E-state index contributed by atoms with van der Waals surface area (Å²) in [6.45, 7) is 5.81. The van der Waals surface area contributed by atoms with Crippen molar-refractivity contribution in [2.45, 2.75) is 32.1 Å². The SMILES string of the molecule is CCS(=O)(=O)c1ccc(NC(=O)CCOc2c(C)cccc2C)cc1.